The summed E-state index contributed by atoms with van der Waals surface area (Å²) >= 11 is 2.31. The first-order chi connectivity index (χ1) is 5.31. The van der Waals surface area contributed by atoms with Crippen LogP contribution in [0.4, 0.5) is 0 Å². The summed E-state index contributed by atoms with van der Waals surface area (Å²) in [7, 11) is 0. The molecule has 0 heterocycles. The summed E-state index contributed by atoms with van der Waals surface area (Å²) in [6.07, 6.45) is 3.88. The van der Waals surface area contributed by atoms with Crippen LogP contribution >= 0.6 is 22.6 Å². The Morgan fingerprint density at radius 1 is 1.45 bits per heavy atom. The van der Waals surface area contributed by atoms with Gasteiger partial charge in [0.05, 0.1) is 0 Å². The maximum atomic E-state index is 11.0. The Morgan fingerprint density at radius 3 is 2.73 bits per heavy atom. The molecule has 0 aromatic heterocycles. The lowest BCUT2D eigenvalue weighted by atomic mass is 10.2. The fourth-order valence-electron chi connectivity index (χ4n) is 0.720. The number of carbonyl (C=O) groups excluding carboxylic acids is 1. The Labute approximate surface area is 82.3 Å². The number of hydrogen-bond donors (Lipinski definition) is 1. The third kappa shape index (κ3) is 8.10. The van der Waals surface area contributed by atoms with Gasteiger partial charge in [-0.15, -0.1) is 0 Å². The van der Waals surface area contributed by atoms with Gasteiger partial charge in [-0.2, -0.15) is 0 Å². The Kier molecular flexibility index (Phi) is 8.45. The molecule has 0 saturated carbocycles. The molecule has 0 rings (SSSR count). The summed E-state index contributed by atoms with van der Waals surface area (Å²) in [5, 5.41) is 2.87. The van der Waals surface area contributed by atoms with Crippen molar-refractivity contribution >= 4 is 28.5 Å². The lowest BCUT2D eigenvalue weighted by Gasteiger charge is -2.01. The second-order valence-electron chi connectivity index (χ2n) is 2.50. The van der Waals surface area contributed by atoms with Crippen LogP contribution in [0.25, 0.3) is 0 Å². The van der Waals surface area contributed by atoms with E-state index in [1.54, 1.807) is 0 Å². The highest BCUT2D eigenvalue weighted by atomic mass is 127. The minimum atomic E-state index is 0.205. The van der Waals surface area contributed by atoms with Gasteiger partial charge in [-0.25, -0.2) is 0 Å². The van der Waals surface area contributed by atoms with Gasteiger partial charge in [0, 0.05) is 17.4 Å². The van der Waals surface area contributed by atoms with Crippen LogP contribution in [0.2, 0.25) is 0 Å². The van der Waals surface area contributed by atoms with E-state index in [0.717, 1.165) is 30.2 Å². The van der Waals surface area contributed by atoms with E-state index in [0.29, 0.717) is 6.42 Å². The Bertz CT molecular complexity index is 106. The molecule has 0 aromatic rings. The van der Waals surface area contributed by atoms with Gasteiger partial charge >= 0.3 is 0 Å². The van der Waals surface area contributed by atoms with E-state index < -0.39 is 0 Å². The van der Waals surface area contributed by atoms with Gasteiger partial charge in [-0.05, 0) is 12.8 Å². The Hall–Kier alpha value is 0.200. The van der Waals surface area contributed by atoms with Crippen molar-refractivity contribution < 1.29 is 4.79 Å². The first-order valence-electron chi connectivity index (χ1n) is 4.14. The van der Waals surface area contributed by atoms with Crippen molar-refractivity contribution in [2.24, 2.45) is 0 Å². The number of nitrogens with one attached hydrogen (secondary N) is 1. The molecule has 0 saturated heterocycles. The molecule has 3 heteroatoms. The molecule has 0 bridgehead atoms. The molecule has 0 fully saturated rings. The number of amides is 1. The highest BCUT2D eigenvalue weighted by Gasteiger charge is 1.97. The smallest absolute Gasteiger partial charge is 0.219 e. The minimum Gasteiger partial charge on any atom is -0.356 e. The highest BCUT2D eigenvalue weighted by molar-refractivity contribution is 14.1. The molecule has 0 aliphatic heterocycles. The zero-order valence-electron chi connectivity index (χ0n) is 7.03. The molecule has 0 aliphatic rings. The molecule has 66 valence electrons. The van der Waals surface area contributed by atoms with E-state index in [2.05, 4.69) is 34.8 Å². The lowest BCUT2D eigenvalue weighted by Crippen LogP contribution is -2.24. The monoisotopic (exact) mass is 269 g/mol. The molecule has 0 spiro atoms. The predicted octanol–water partition coefficient (Wildman–Crippen LogP) is 2.12. The summed E-state index contributed by atoms with van der Waals surface area (Å²) in [6, 6.07) is 0. The zero-order valence-corrected chi connectivity index (χ0v) is 9.19. The van der Waals surface area contributed by atoms with E-state index in [9.17, 15) is 4.79 Å². The van der Waals surface area contributed by atoms with Crippen molar-refractivity contribution in [3.8, 4) is 0 Å². The van der Waals surface area contributed by atoms with Crippen molar-refractivity contribution in [3.05, 3.63) is 0 Å². The number of hydrogen-bond acceptors (Lipinski definition) is 1. The van der Waals surface area contributed by atoms with Gasteiger partial charge in [-0.3, -0.25) is 4.79 Å². The lowest BCUT2D eigenvalue weighted by molar-refractivity contribution is -0.121. The summed E-state index contributed by atoms with van der Waals surface area (Å²) in [6.45, 7) is 2.93. The van der Waals surface area contributed by atoms with E-state index in [-0.39, 0.29) is 5.91 Å². The first kappa shape index (κ1) is 11.2. The predicted molar refractivity (Wildman–Crippen MR) is 56.0 cm³/mol. The van der Waals surface area contributed by atoms with E-state index >= 15 is 0 Å². The van der Waals surface area contributed by atoms with Crippen LogP contribution in [-0.2, 0) is 4.79 Å². The van der Waals surface area contributed by atoms with Crippen LogP contribution in [-0.4, -0.2) is 16.9 Å². The van der Waals surface area contributed by atoms with Crippen LogP contribution in [0.5, 0.6) is 0 Å². The topological polar surface area (TPSA) is 29.1 Å². The van der Waals surface area contributed by atoms with Gasteiger partial charge in [0.15, 0.2) is 0 Å². The molecule has 0 aliphatic carbocycles. The van der Waals surface area contributed by atoms with E-state index in [4.69, 9.17) is 0 Å². The fourth-order valence-corrected chi connectivity index (χ4v) is 1.10. The normalized spacial score (nSPS) is 9.64. The van der Waals surface area contributed by atoms with Gasteiger partial charge < -0.3 is 5.32 Å². The summed E-state index contributed by atoms with van der Waals surface area (Å²) in [5.41, 5.74) is 0. The number of unbranched alkanes of at least 4 members (excludes halogenated alkanes) is 1. The number of alkyl halides is 1. The van der Waals surface area contributed by atoms with Crippen molar-refractivity contribution in [2.45, 2.75) is 32.6 Å². The SMILES string of the molecule is CCCCC(=O)NCCCI. The molecule has 0 aromatic carbocycles. The van der Waals surface area contributed by atoms with Gasteiger partial charge in [0.2, 0.25) is 5.91 Å². The molecule has 2 nitrogen and oxygen atoms in total. The van der Waals surface area contributed by atoms with E-state index in [1.165, 1.54) is 0 Å². The molecule has 0 atom stereocenters. The summed E-state index contributed by atoms with van der Waals surface area (Å²) in [4.78, 5) is 11.0. The molecular formula is C8H16INO. The standard InChI is InChI=1S/C8H16INO/c1-2-3-5-8(11)10-7-4-6-9/h2-7H2,1H3,(H,10,11). The fraction of sp³-hybridized carbons (Fsp3) is 0.875. The average Bonchev–Trinajstić information content (AvgIpc) is 2.01. The van der Waals surface area contributed by atoms with Crippen LogP contribution in [0.3, 0.4) is 0 Å². The number of rotatable bonds is 6. The maximum Gasteiger partial charge on any atom is 0.219 e. The van der Waals surface area contributed by atoms with Crippen LogP contribution in [0.1, 0.15) is 32.6 Å². The third-order valence-electron chi connectivity index (χ3n) is 1.39. The minimum absolute atomic E-state index is 0.205. The van der Waals surface area contributed by atoms with Gasteiger partial charge in [0.1, 0.15) is 0 Å². The second-order valence-corrected chi connectivity index (χ2v) is 3.57. The third-order valence-corrected chi connectivity index (χ3v) is 2.15. The Balaban J connectivity index is 3.09. The van der Waals surface area contributed by atoms with Crippen molar-refractivity contribution in [1.82, 2.24) is 5.32 Å². The highest BCUT2D eigenvalue weighted by Crippen LogP contribution is 1.93. The van der Waals surface area contributed by atoms with Crippen LogP contribution < -0.4 is 5.32 Å². The van der Waals surface area contributed by atoms with E-state index in [1.807, 2.05) is 0 Å². The molecule has 0 unspecified atom stereocenters. The largest absolute Gasteiger partial charge is 0.356 e. The second kappa shape index (κ2) is 8.30. The van der Waals surface area contributed by atoms with Gasteiger partial charge in [-0.1, -0.05) is 35.9 Å². The molecular weight excluding hydrogens is 253 g/mol. The molecule has 1 amide bonds. The zero-order chi connectivity index (χ0) is 8.53. The van der Waals surface area contributed by atoms with Crippen molar-refractivity contribution in [2.75, 3.05) is 11.0 Å². The Morgan fingerprint density at radius 2 is 2.18 bits per heavy atom. The first-order valence-corrected chi connectivity index (χ1v) is 5.66. The summed E-state index contributed by atoms with van der Waals surface area (Å²) < 4.78 is 1.12. The number of carbonyl (C=O) groups is 1. The van der Waals surface area contributed by atoms with Crippen molar-refractivity contribution in [3.63, 3.8) is 0 Å². The maximum absolute atomic E-state index is 11.0. The molecule has 1 N–H and O–H groups in total. The molecule has 11 heavy (non-hydrogen) atoms. The quantitative estimate of drug-likeness (QED) is 0.446. The van der Waals surface area contributed by atoms with Crippen molar-refractivity contribution in [1.29, 1.82) is 0 Å². The van der Waals surface area contributed by atoms with Gasteiger partial charge in [0.25, 0.3) is 0 Å². The molecule has 0 radical (unpaired) electrons. The number of halogens is 1. The van der Waals surface area contributed by atoms with Crippen LogP contribution in [0.15, 0.2) is 0 Å². The van der Waals surface area contributed by atoms with Crippen LogP contribution in [0, 0.1) is 0 Å². The summed E-state index contributed by atoms with van der Waals surface area (Å²) in [5.74, 6) is 0.205. The average molecular weight is 269 g/mol.